The minimum atomic E-state index is -0.277. The van der Waals surface area contributed by atoms with Crippen LogP contribution in [0.15, 0.2) is 33.9 Å². The van der Waals surface area contributed by atoms with Crippen LogP contribution in [0.3, 0.4) is 0 Å². The fraction of sp³-hybridized carbons (Fsp3) is 0.655. The average molecular weight is 493 g/mol. The van der Waals surface area contributed by atoms with Crippen molar-refractivity contribution in [2.75, 3.05) is 19.6 Å². The predicted molar refractivity (Wildman–Crippen MR) is 140 cm³/mol. The second kappa shape index (κ2) is 8.32. The molecule has 7 nitrogen and oxygen atoms in total. The van der Waals surface area contributed by atoms with E-state index in [0.717, 1.165) is 56.1 Å². The summed E-state index contributed by atoms with van der Waals surface area (Å²) in [5.74, 6) is 0.682. The topological polar surface area (TPSA) is 70.7 Å². The number of rotatable bonds is 4. The molecule has 0 amide bonds. The van der Waals surface area contributed by atoms with Gasteiger partial charge in [0.1, 0.15) is 0 Å². The van der Waals surface area contributed by atoms with Crippen LogP contribution in [0.2, 0.25) is 0 Å². The number of pyridine rings is 2. The lowest BCUT2D eigenvalue weighted by Gasteiger charge is -2.43. The first-order valence-electron chi connectivity index (χ1n) is 13.6. The first-order chi connectivity index (χ1) is 17.0. The van der Waals surface area contributed by atoms with Crippen molar-refractivity contribution in [3.05, 3.63) is 61.9 Å². The summed E-state index contributed by atoms with van der Waals surface area (Å²) in [6.07, 6.45) is 4.71. The van der Waals surface area contributed by atoms with Crippen LogP contribution in [0.5, 0.6) is 5.75 Å². The van der Waals surface area contributed by atoms with E-state index < -0.39 is 0 Å². The van der Waals surface area contributed by atoms with Gasteiger partial charge in [0.2, 0.25) is 5.43 Å². The molecule has 2 aromatic heterocycles. The highest BCUT2D eigenvalue weighted by atomic mass is 16.3. The number of likely N-dealkylation sites (tertiary alicyclic amines) is 2. The molecule has 4 atom stereocenters. The van der Waals surface area contributed by atoms with Gasteiger partial charge in [0.05, 0.1) is 5.69 Å². The van der Waals surface area contributed by atoms with Gasteiger partial charge in [-0.15, -0.1) is 0 Å². The lowest BCUT2D eigenvalue weighted by atomic mass is 9.65. The lowest BCUT2D eigenvalue weighted by Crippen LogP contribution is -2.47. The first-order valence-corrected chi connectivity index (χ1v) is 13.6. The number of aromatic hydroxyl groups is 1. The third-order valence-electron chi connectivity index (χ3n) is 9.46. The number of hydrogen-bond donors (Lipinski definition) is 1. The van der Waals surface area contributed by atoms with Crippen LogP contribution in [-0.4, -0.2) is 49.7 Å². The van der Waals surface area contributed by atoms with Gasteiger partial charge in [-0.1, -0.05) is 26.8 Å². The van der Waals surface area contributed by atoms with E-state index in [0.29, 0.717) is 41.8 Å². The minimum absolute atomic E-state index is 0.101. The Bertz CT molecular complexity index is 1310. The number of piperidine rings is 1. The Labute approximate surface area is 213 Å². The smallest absolute Gasteiger partial charge is 0.250 e. The molecule has 0 spiro atoms. The highest BCUT2D eigenvalue weighted by molar-refractivity contribution is 5.30. The Morgan fingerprint density at radius 3 is 2.67 bits per heavy atom. The Balaban J connectivity index is 1.24. The molecule has 3 fully saturated rings. The molecule has 4 unspecified atom stereocenters. The minimum Gasteiger partial charge on any atom is -0.503 e. The summed E-state index contributed by atoms with van der Waals surface area (Å²) in [5.41, 5.74) is 3.29. The molecule has 4 aliphatic rings. The first kappa shape index (κ1) is 24.0. The molecule has 194 valence electrons. The van der Waals surface area contributed by atoms with E-state index in [9.17, 15) is 14.7 Å². The molecule has 1 saturated carbocycles. The Kier molecular flexibility index (Phi) is 5.54. The zero-order chi connectivity index (χ0) is 25.4. The van der Waals surface area contributed by atoms with Crippen LogP contribution < -0.4 is 11.0 Å². The van der Waals surface area contributed by atoms with Gasteiger partial charge in [0, 0.05) is 81.8 Å². The maximum Gasteiger partial charge on any atom is 0.250 e. The van der Waals surface area contributed by atoms with E-state index in [2.05, 4.69) is 41.2 Å². The maximum absolute atomic E-state index is 12.9. The van der Waals surface area contributed by atoms with Gasteiger partial charge in [-0.2, -0.15) is 0 Å². The zero-order valence-electron chi connectivity index (χ0n) is 22.2. The summed E-state index contributed by atoms with van der Waals surface area (Å²) in [6, 6.07) is 7.74. The van der Waals surface area contributed by atoms with Crippen LogP contribution in [0.4, 0.5) is 0 Å². The molecule has 1 aliphatic carbocycles. The van der Waals surface area contributed by atoms with Crippen LogP contribution in [-0.2, 0) is 26.7 Å². The second-order valence-electron chi connectivity index (χ2n) is 13.4. The molecule has 4 bridgehead atoms. The van der Waals surface area contributed by atoms with E-state index in [4.69, 9.17) is 0 Å². The zero-order valence-corrected chi connectivity index (χ0v) is 22.2. The van der Waals surface area contributed by atoms with Gasteiger partial charge in [-0.25, -0.2) is 0 Å². The maximum atomic E-state index is 12.9. The number of aromatic nitrogens is 2. The summed E-state index contributed by atoms with van der Waals surface area (Å²) in [6.45, 7) is 12.0. The highest BCUT2D eigenvalue weighted by Gasteiger charge is 2.49. The van der Waals surface area contributed by atoms with Crippen LogP contribution in [0.1, 0.15) is 69.5 Å². The summed E-state index contributed by atoms with van der Waals surface area (Å²) < 4.78 is 4.02. The molecular formula is C29H40N4O3. The van der Waals surface area contributed by atoms with Gasteiger partial charge >= 0.3 is 0 Å². The number of nitrogens with zero attached hydrogens (tertiary/aromatic N) is 4. The molecule has 0 aromatic carbocycles. The average Bonchev–Trinajstić information content (AvgIpc) is 3.03. The van der Waals surface area contributed by atoms with E-state index in [1.807, 2.05) is 17.7 Å². The van der Waals surface area contributed by atoms with E-state index >= 15 is 0 Å². The van der Waals surface area contributed by atoms with Crippen molar-refractivity contribution >= 4 is 0 Å². The van der Waals surface area contributed by atoms with Crippen molar-refractivity contribution in [1.29, 1.82) is 0 Å². The molecule has 2 saturated heterocycles. The van der Waals surface area contributed by atoms with Crippen LogP contribution in [0, 0.1) is 16.7 Å². The van der Waals surface area contributed by atoms with E-state index in [1.165, 1.54) is 12.8 Å². The van der Waals surface area contributed by atoms with Gasteiger partial charge in [0.15, 0.2) is 5.75 Å². The molecule has 7 heteroatoms. The standard InChI is InChI=1S/C29H40N4O3/c1-28(2)10-22-11-29(3,17-28)18-32(22)16-24-27(36)25(34)9-21(30(24)4)15-31-12-19-8-20(14-31)23-6-5-7-26(35)33(23)13-19/h5-7,9,19-20,22,36H,8,10-18H2,1-4H3. The van der Waals surface area contributed by atoms with Gasteiger partial charge in [-0.3, -0.25) is 19.4 Å². The fourth-order valence-corrected chi connectivity index (χ4v) is 8.43. The number of hydrogen-bond acceptors (Lipinski definition) is 5. The largest absolute Gasteiger partial charge is 0.503 e. The van der Waals surface area contributed by atoms with Crippen LogP contribution in [0.25, 0.3) is 0 Å². The number of fused-ring (bicyclic) bond motifs is 6. The second-order valence-corrected chi connectivity index (χ2v) is 13.4. The monoisotopic (exact) mass is 492 g/mol. The molecule has 3 aliphatic heterocycles. The van der Waals surface area contributed by atoms with E-state index in [1.54, 1.807) is 12.1 Å². The van der Waals surface area contributed by atoms with E-state index in [-0.39, 0.29) is 16.7 Å². The fourth-order valence-electron chi connectivity index (χ4n) is 8.43. The third kappa shape index (κ3) is 4.14. The van der Waals surface area contributed by atoms with Crippen molar-refractivity contribution in [3.8, 4) is 5.75 Å². The molecular weight excluding hydrogens is 452 g/mol. The Morgan fingerprint density at radius 1 is 1.06 bits per heavy atom. The van der Waals surface area contributed by atoms with Crippen molar-refractivity contribution in [1.82, 2.24) is 18.9 Å². The lowest BCUT2D eigenvalue weighted by molar-refractivity contribution is 0.111. The quantitative estimate of drug-likeness (QED) is 0.710. The van der Waals surface area contributed by atoms with Gasteiger partial charge in [-0.05, 0) is 48.5 Å². The molecule has 5 heterocycles. The summed E-state index contributed by atoms with van der Waals surface area (Å²) in [5, 5.41) is 10.8. The normalized spacial score (nSPS) is 31.4. The molecule has 6 rings (SSSR count). The van der Waals surface area contributed by atoms with Gasteiger partial charge < -0.3 is 14.2 Å². The molecule has 36 heavy (non-hydrogen) atoms. The van der Waals surface area contributed by atoms with Crippen molar-refractivity contribution < 1.29 is 5.11 Å². The summed E-state index contributed by atoms with van der Waals surface area (Å²) in [7, 11) is 2.00. The van der Waals surface area contributed by atoms with Crippen LogP contribution >= 0.6 is 0 Å². The van der Waals surface area contributed by atoms with Gasteiger partial charge in [0.25, 0.3) is 5.56 Å². The Hall–Kier alpha value is -2.38. The molecule has 1 N–H and O–H groups in total. The SMILES string of the molecule is Cn1c(CN2CC3CC(C2)c2cccc(=O)n2C3)cc(=O)c(O)c1CN1CC2(C)CC1CC(C)(C)C2. The summed E-state index contributed by atoms with van der Waals surface area (Å²) >= 11 is 0. The third-order valence-corrected chi connectivity index (χ3v) is 9.46. The Morgan fingerprint density at radius 2 is 1.86 bits per heavy atom. The highest BCUT2D eigenvalue weighted by Crippen LogP contribution is 2.52. The van der Waals surface area contributed by atoms with Crippen molar-refractivity contribution in [2.24, 2.45) is 23.8 Å². The summed E-state index contributed by atoms with van der Waals surface area (Å²) in [4.78, 5) is 30.2. The predicted octanol–water partition coefficient (Wildman–Crippen LogP) is 3.27. The van der Waals surface area contributed by atoms with Crippen molar-refractivity contribution in [3.63, 3.8) is 0 Å². The molecule has 2 aromatic rings. The molecule has 0 radical (unpaired) electrons. The van der Waals surface area contributed by atoms with Crippen molar-refractivity contribution in [2.45, 2.75) is 78.0 Å².